The molecule has 0 aliphatic rings. The fourth-order valence-electron chi connectivity index (χ4n) is 1.08. The van der Waals surface area contributed by atoms with Gasteiger partial charge in [0.05, 0.1) is 0 Å². The van der Waals surface area contributed by atoms with E-state index in [1.807, 2.05) is 0 Å². The zero-order chi connectivity index (χ0) is 12.1. The summed E-state index contributed by atoms with van der Waals surface area (Å²) in [5, 5.41) is 8.62. The molecule has 0 fully saturated rings. The Morgan fingerprint density at radius 2 is 2.19 bits per heavy atom. The molecule has 7 nitrogen and oxygen atoms in total. The van der Waals surface area contributed by atoms with Crippen molar-refractivity contribution in [2.24, 2.45) is 22.2 Å². The highest BCUT2D eigenvalue weighted by atomic mass is 16.4. The van der Waals surface area contributed by atoms with Gasteiger partial charge in [-0.15, -0.1) is 0 Å². The van der Waals surface area contributed by atoms with E-state index in [-0.39, 0.29) is 12.4 Å². The lowest BCUT2D eigenvalue weighted by atomic mass is 10.1. The van der Waals surface area contributed by atoms with Crippen molar-refractivity contribution in [3.63, 3.8) is 0 Å². The van der Waals surface area contributed by atoms with Crippen LogP contribution in [-0.2, 0) is 11.2 Å². The highest BCUT2D eigenvalue weighted by Crippen LogP contribution is 2.09. The highest BCUT2D eigenvalue weighted by Gasteiger charge is 2.11. The molecule has 0 aromatic carbocycles. The molecule has 0 bridgehead atoms. The van der Waals surface area contributed by atoms with Gasteiger partial charge in [0.2, 0.25) is 0 Å². The third kappa shape index (κ3) is 3.54. The lowest BCUT2D eigenvalue weighted by Gasteiger charge is -2.05. The van der Waals surface area contributed by atoms with E-state index in [0.717, 1.165) is 0 Å². The Bertz CT molecular complexity index is 397. The Morgan fingerprint density at radius 1 is 1.50 bits per heavy atom. The van der Waals surface area contributed by atoms with Crippen molar-refractivity contribution in [2.45, 2.75) is 12.5 Å². The summed E-state index contributed by atoms with van der Waals surface area (Å²) in [6, 6.07) is 2.33. The number of guanidine groups is 1. The third-order valence-corrected chi connectivity index (χ3v) is 1.83. The summed E-state index contributed by atoms with van der Waals surface area (Å²) in [6.45, 7) is 0. The van der Waals surface area contributed by atoms with Gasteiger partial charge in [0, 0.05) is 6.20 Å². The van der Waals surface area contributed by atoms with E-state index in [9.17, 15) is 4.79 Å². The van der Waals surface area contributed by atoms with E-state index in [1.54, 1.807) is 12.1 Å². The third-order valence-electron chi connectivity index (χ3n) is 1.83. The number of pyridine rings is 1. The molecule has 0 unspecified atom stereocenters. The largest absolute Gasteiger partial charge is 0.480 e. The molecule has 0 aliphatic heterocycles. The maximum Gasteiger partial charge on any atom is 0.320 e. The van der Waals surface area contributed by atoms with Gasteiger partial charge in [-0.25, -0.2) is 4.98 Å². The Hall–Kier alpha value is -2.15. The SMILES string of the molecule is NC(N)=Nc1ccc(C[C@H](N)C(=O)O)cn1. The van der Waals surface area contributed by atoms with Crippen LogP contribution in [0.1, 0.15) is 5.56 Å². The lowest BCUT2D eigenvalue weighted by Crippen LogP contribution is -2.32. The van der Waals surface area contributed by atoms with Gasteiger partial charge in [-0.1, -0.05) is 6.07 Å². The van der Waals surface area contributed by atoms with Gasteiger partial charge >= 0.3 is 5.97 Å². The average Bonchev–Trinajstić information content (AvgIpc) is 2.20. The second kappa shape index (κ2) is 5.08. The fraction of sp³-hybridized carbons (Fsp3) is 0.222. The van der Waals surface area contributed by atoms with E-state index < -0.39 is 12.0 Å². The minimum atomic E-state index is -1.05. The Balaban J connectivity index is 2.72. The molecule has 0 saturated carbocycles. The Labute approximate surface area is 92.0 Å². The van der Waals surface area contributed by atoms with Crippen LogP contribution in [-0.4, -0.2) is 28.1 Å². The number of aliphatic carboxylic acids is 1. The number of carboxylic acids is 1. The maximum atomic E-state index is 10.5. The first-order valence-electron chi connectivity index (χ1n) is 4.52. The number of nitrogens with two attached hydrogens (primary N) is 3. The monoisotopic (exact) mass is 223 g/mol. The van der Waals surface area contributed by atoms with Crippen molar-refractivity contribution in [2.75, 3.05) is 0 Å². The summed E-state index contributed by atoms with van der Waals surface area (Å²) in [7, 11) is 0. The molecule has 1 aromatic heterocycles. The summed E-state index contributed by atoms with van der Waals surface area (Å²) >= 11 is 0. The zero-order valence-electron chi connectivity index (χ0n) is 8.50. The minimum absolute atomic E-state index is 0.0810. The molecular weight excluding hydrogens is 210 g/mol. The van der Waals surface area contributed by atoms with Crippen LogP contribution in [0.4, 0.5) is 5.82 Å². The van der Waals surface area contributed by atoms with Crippen LogP contribution in [0, 0.1) is 0 Å². The first-order chi connectivity index (χ1) is 7.49. The average molecular weight is 223 g/mol. The summed E-state index contributed by atoms with van der Waals surface area (Å²) in [4.78, 5) is 18.2. The molecule has 0 spiro atoms. The number of hydrogen-bond acceptors (Lipinski definition) is 4. The van der Waals surface area contributed by atoms with Gasteiger partial charge in [0.25, 0.3) is 0 Å². The summed E-state index contributed by atoms with van der Waals surface area (Å²) < 4.78 is 0. The lowest BCUT2D eigenvalue weighted by molar-refractivity contribution is -0.138. The molecule has 0 amide bonds. The molecule has 86 valence electrons. The maximum absolute atomic E-state index is 10.5. The zero-order valence-corrected chi connectivity index (χ0v) is 8.50. The predicted octanol–water partition coefficient (Wildman–Crippen LogP) is -1.06. The molecular formula is C9H13N5O2. The predicted molar refractivity (Wildman–Crippen MR) is 59.0 cm³/mol. The molecule has 16 heavy (non-hydrogen) atoms. The van der Waals surface area contributed by atoms with Crippen molar-refractivity contribution in [1.82, 2.24) is 4.98 Å². The molecule has 1 heterocycles. The van der Waals surface area contributed by atoms with E-state index in [1.165, 1.54) is 6.20 Å². The summed E-state index contributed by atoms with van der Waals surface area (Å²) in [5.41, 5.74) is 16.4. The van der Waals surface area contributed by atoms with Gasteiger partial charge in [0.15, 0.2) is 11.8 Å². The standard InChI is InChI=1S/C9H13N5O2/c10-6(8(15)16)3-5-1-2-7(13-4-5)14-9(11)12/h1-2,4,6H,3,10H2,(H,15,16)(H4,11,12,13,14)/t6-/m0/s1. The Morgan fingerprint density at radius 3 is 2.62 bits per heavy atom. The number of aliphatic imine (C=N–C) groups is 1. The van der Waals surface area contributed by atoms with E-state index >= 15 is 0 Å². The van der Waals surface area contributed by atoms with Crippen molar-refractivity contribution >= 4 is 17.7 Å². The van der Waals surface area contributed by atoms with E-state index in [4.69, 9.17) is 22.3 Å². The van der Waals surface area contributed by atoms with Crippen LogP contribution < -0.4 is 17.2 Å². The van der Waals surface area contributed by atoms with Crippen molar-refractivity contribution in [3.8, 4) is 0 Å². The number of carbonyl (C=O) groups is 1. The van der Waals surface area contributed by atoms with Crippen molar-refractivity contribution in [3.05, 3.63) is 23.9 Å². The smallest absolute Gasteiger partial charge is 0.320 e. The molecule has 1 aromatic rings. The van der Waals surface area contributed by atoms with E-state index in [0.29, 0.717) is 11.4 Å². The number of aromatic nitrogens is 1. The quantitative estimate of drug-likeness (QED) is 0.379. The highest BCUT2D eigenvalue weighted by molar-refractivity contribution is 5.78. The summed E-state index contributed by atoms with van der Waals surface area (Å²) in [5.74, 6) is -0.761. The molecule has 0 saturated heterocycles. The summed E-state index contributed by atoms with van der Waals surface area (Å²) in [6.07, 6.45) is 1.70. The Kier molecular flexibility index (Phi) is 3.78. The van der Waals surface area contributed by atoms with Gasteiger partial charge in [0.1, 0.15) is 6.04 Å². The molecule has 7 N–H and O–H groups in total. The van der Waals surface area contributed by atoms with Gasteiger partial charge < -0.3 is 22.3 Å². The molecule has 0 radical (unpaired) electrons. The van der Waals surface area contributed by atoms with Crippen LogP contribution >= 0.6 is 0 Å². The van der Waals surface area contributed by atoms with Crippen LogP contribution in [0.2, 0.25) is 0 Å². The van der Waals surface area contributed by atoms with Gasteiger partial charge in [-0.05, 0) is 18.1 Å². The minimum Gasteiger partial charge on any atom is -0.480 e. The van der Waals surface area contributed by atoms with Crippen LogP contribution in [0.25, 0.3) is 0 Å². The van der Waals surface area contributed by atoms with Crippen molar-refractivity contribution in [1.29, 1.82) is 0 Å². The topological polar surface area (TPSA) is 141 Å². The first-order valence-corrected chi connectivity index (χ1v) is 4.52. The number of hydrogen-bond donors (Lipinski definition) is 4. The molecule has 1 atom stereocenters. The number of nitrogens with zero attached hydrogens (tertiary/aromatic N) is 2. The molecule has 7 heteroatoms. The van der Waals surface area contributed by atoms with Crippen molar-refractivity contribution < 1.29 is 9.90 Å². The molecule has 0 aliphatic carbocycles. The van der Waals surface area contributed by atoms with Crippen LogP contribution in [0.15, 0.2) is 23.3 Å². The van der Waals surface area contributed by atoms with Crippen LogP contribution in [0.3, 0.4) is 0 Å². The van der Waals surface area contributed by atoms with E-state index in [2.05, 4.69) is 9.98 Å². The second-order valence-electron chi connectivity index (χ2n) is 3.21. The normalized spacial score (nSPS) is 11.8. The second-order valence-corrected chi connectivity index (χ2v) is 3.21. The van der Waals surface area contributed by atoms with Gasteiger partial charge in [-0.2, -0.15) is 4.99 Å². The van der Waals surface area contributed by atoms with Gasteiger partial charge in [-0.3, -0.25) is 4.79 Å². The number of rotatable bonds is 4. The van der Waals surface area contributed by atoms with Crippen LogP contribution in [0.5, 0.6) is 0 Å². The number of carboxylic acid groups (broad SMARTS) is 1. The fourth-order valence-corrected chi connectivity index (χ4v) is 1.08. The molecule has 1 rings (SSSR count). The first kappa shape index (κ1) is 11.9.